The second-order valence-corrected chi connectivity index (χ2v) is 2.81. The van der Waals surface area contributed by atoms with Crippen LogP contribution >= 0.6 is 0 Å². The van der Waals surface area contributed by atoms with Gasteiger partial charge < -0.3 is 4.65 Å². The molecule has 0 atom stereocenters. The molecule has 1 heterocycles. The summed E-state index contributed by atoms with van der Waals surface area (Å²) in [6, 6.07) is 4.72. The molecule has 0 unspecified atom stereocenters. The van der Waals surface area contributed by atoms with Crippen molar-refractivity contribution in [3.63, 3.8) is 0 Å². The smallest absolute Gasteiger partial charge is 0.354 e. The lowest BCUT2D eigenvalue weighted by Crippen LogP contribution is -2.25. The number of benzene rings is 1. The molecule has 1 aromatic rings. The van der Waals surface area contributed by atoms with Crippen LogP contribution in [0.25, 0.3) is 0 Å². The van der Waals surface area contributed by atoms with Gasteiger partial charge in [-0.1, -0.05) is 12.0 Å². The van der Waals surface area contributed by atoms with Crippen LogP contribution in [0.3, 0.4) is 0 Å². The Hall–Kier alpha value is -1.09. The zero-order valence-electron chi connectivity index (χ0n) is 6.59. The summed E-state index contributed by atoms with van der Waals surface area (Å²) in [4.78, 5) is 0. The number of halogens is 1. The van der Waals surface area contributed by atoms with E-state index in [1.54, 1.807) is 12.0 Å². The summed E-state index contributed by atoms with van der Waals surface area (Å²) >= 11 is 0. The third-order valence-electron chi connectivity index (χ3n) is 2.04. The van der Waals surface area contributed by atoms with E-state index >= 15 is 0 Å². The zero-order chi connectivity index (χ0) is 8.55. The van der Waals surface area contributed by atoms with Gasteiger partial charge in [-0.25, -0.2) is 4.39 Å². The lowest BCUT2D eigenvalue weighted by Gasteiger charge is -1.98. The van der Waals surface area contributed by atoms with Crippen LogP contribution in [0.5, 0.6) is 0 Å². The van der Waals surface area contributed by atoms with Crippen LogP contribution in [-0.4, -0.2) is 6.92 Å². The first-order valence-corrected chi connectivity index (χ1v) is 3.84. The average Bonchev–Trinajstić information content (AvgIpc) is 2.46. The van der Waals surface area contributed by atoms with Crippen molar-refractivity contribution in [3.05, 3.63) is 42.1 Å². The van der Waals surface area contributed by atoms with E-state index in [9.17, 15) is 4.39 Å². The Morgan fingerprint density at radius 1 is 1.58 bits per heavy atom. The predicted octanol–water partition coefficient (Wildman–Crippen LogP) is 1.28. The van der Waals surface area contributed by atoms with E-state index in [4.69, 9.17) is 4.65 Å². The van der Waals surface area contributed by atoms with E-state index in [1.165, 1.54) is 12.1 Å². The Morgan fingerprint density at radius 3 is 3.17 bits per heavy atom. The van der Waals surface area contributed by atoms with Crippen LogP contribution in [0.2, 0.25) is 0 Å². The second-order valence-electron chi connectivity index (χ2n) is 2.81. The summed E-state index contributed by atoms with van der Waals surface area (Å²) < 4.78 is 18.1. The summed E-state index contributed by atoms with van der Waals surface area (Å²) in [6.07, 6.45) is 0. The fourth-order valence-corrected chi connectivity index (χ4v) is 1.44. The largest absolute Gasteiger partial charge is 0.423 e. The van der Waals surface area contributed by atoms with Gasteiger partial charge in [-0.05, 0) is 23.2 Å². The Morgan fingerprint density at radius 2 is 2.42 bits per heavy atom. The highest BCUT2D eigenvalue weighted by atomic mass is 19.1. The molecule has 0 saturated carbocycles. The van der Waals surface area contributed by atoms with E-state index in [0.717, 1.165) is 11.0 Å². The number of fused-ring (bicyclic) bond motifs is 1. The molecule has 0 spiro atoms. The quantitative estimate of drug-likeness (QED) is 0.565. The Labute approximate surface area is 71.0 Å². The van der Waals surface area contributed by atoms with Crippen LogP contribution in [0, 0.1) is 5.82 Å². The highest BCUT2D eigenvalue weighted by Crippen LogP contribution is 2.12. The molecule has 12 heavy (non-hydrogen) atoms. The SMILES string of the molecule is C=CB1OCc2cc(F)ccc21. The lowest BCUT2D eigenvalue weighted by molar-refractivity contribution is 0.336. The number of rotatable bonds is 1. The van der Waals surface area contributed by atoms with Gasteiger partial charge in [-0.2, -0.15) is 0 Å². The van der Waals surface area contributed by atoms with E-state index in [-0.39, 0.29) is 12.7 Å². The summed E-state index contributed by atoms with van der Waals surface area (Å²) in [5, 5.41) is 0. The van der Waals surface area contributed by atoms with Gasteiger partial charge in [-0.3, -0.25) is 0 Å². The van der Waals surface area contributed by atoms with Crippen molar-refractivity contribution in [2.75, 3.05) is 0 Å². The van der Waals surface area contributed by atoms with Crippen molar-refractivity contribution < 1.29 is 9.04 Å². The van der Waals surface area contributed by atoms with Crippen molar-refractivity contribution in [1.29, 1.82) is 0 Å². The minimum absolute atomic E-state index is 0.0550. The maximum absolute atomic E-state index is 12.7. The maximum atomic E-state index is 12.7. The number of hydrogen-bond donors (Lipinski definition) is 0. The van der Waals surface area contributed by atoms with Crippen LogP contribution in [0.15, 0.2) is 30.8 Å². The van der Waals surface area contributed by atoms with Crippen LogP contribution in [-0.2, 0) is 11.3 Å². The summed E-state index contributed by atoms with van der Waals surface area (Å²) in [7, 11) is 0. The molecule has 3 heteroatoms. The third kappa shape index (κ3) is 1.06. The predicted molar refractivity (Wildman–Crippen MR) is 46.8 cm³/mol. The summed E-state index contributed by atoms with van der Waals surface area (Å²) in [5.41, 5.74) is 1.96. The first kappa shape index (κ1) is 7.56. The molecule has 1 nitrogen and oxygen atoms in total. The molecule has 0 aliphatic carbocycles. The molecule has 0 bridgehead atoms. The molecule has 1 aromatic carbocycles. The fourth-order valence-electron chi connectivity index (χ4n) is 1.44. The van der Waals surface area contributed by atoms with Gasteiger partial charge in [-0.15, -0.1) is 6.58 Å². The molecule has 1 aliphatic rings. The normalized spacial score (nSPS) is 14.6. The third-order valence-corrected chi connectivity index (χ3v) is 2.04. The van der Waals surface area contributed by atoms with Crippen molar-refractivity contribution >= 4 is 12.4 Å². The lowest BCUT2D eigenvalue weighted by atomic mass is 9.62. The van der Waals surface area contributed by atoms with E-state index < -0.39 is 0 Å². The summed E-state index contributed by atoms with van der Waals surface area (Å²) in [6.45, 7) is 4.08. The van der Waals surface area contributed by atoms with Crippen LogP contribution in [0.1, 0.15) is 5.56 Å². The van der Waals surface area contributed by atoms with Crippen molar-refractivity contribution in [1.82, 2.24) is 0 Å². The highest BCUT2D eigenvalue weighted by molar-refractivity contribution is 6.73. The number of hydrogen-bond acceptors (Lipinski definition) is 1. The first-order chi connectivity index (χ1) is 5.81. The molecule has 0 radical (unpaired) electrons. The van der Waals surface area contributed by atoms with Gasteiger partial charge in [0, 0.05) is 0 Å². The molecule has 0 saturated heterocycles. The first-order valence-electron chi connectivity index (χ1n) is 3.84. The fraction of sp³-hybridized carbons (Fsp3) is 0.111. The van der Waals surface area contributed by atoms with Gasteiger partial charge in [0.25, 0.3) is 0 Å². The van der Waals surface area contributed by atoms with E-state index in [1.807, 2.05) is 0 Å². The van der Waals surface area contributed by atoms with Gasteiger partial charge >= 0.3 is 6.92 Å². The second kappa shape index (κ2) is 2.75. The molecule has 1 aliphatic heterocycles. The molecule has 0 aromatic heterocycles. The molecule has 60 valence electrons. The molecule has 0 fully saturated rings. The van der Waals surface area contributed by atoms with Crippen molar-refractivity contribution in [2.24, 2.45) is 0 Å². The van der Waals surface area contributed by atoms with Crippen LogP contribution in [0.4, 0.5) is 4.39 Å². The topological polar surface area (TPSA) is 9.23 Å². The minimum atomic E-state index is -0.206. The molecule has 0 N–H and O–H groups in total. The van der Waals surface area contributed by atoms with Crippen LogP contribution < -0.4 is 5.46 Å². The van der Waals surface area contributed by atoms with Crippen molar-refractivity contribution in [3.8, 4) is 0 Å². The summed E-state index contributed by atoms with van der Waals surface area (Å²) in [5.74, 6) is 1.52. The van der Waals surface area contributed by atoms with Gasteiger partial charge in [0.15, 0.2) is 0 Å². The Kier molecular flexibility index (Phi) is 1.73. The van der Waals surface area contributed by atoms with Gasteiger partial charge in [0.05, 0.1) is 6.61 Å². The van der Waals surface area contributed by atoms with Gasteiger partial charge in [0.2, 0.25) is 0 Å². The Balaban J connectivity index is 2.47. The molecular formula is C9H8BFO. The van der Waals surface area contributed by atoms with Gasteiger partial charge in [0.1, 0.15) is 5.82 Å². The minimum Gasteiger partial charge on any atom is -0.423 e. The monoisotopic (exact) mass is 162 g/mol. The Bertz CT molecular complexity index is 324. The zero-order valence-corrected chi connectivity index (χ0v) is 6.59. The van der Waals surface area contributed by atoms with E-state index in [0.29, 0.717) is 6.61 Å². The highest BCUT2D eigenvalue weighted by Gasteiger charge is 2.24. The van der Waals surface area contributed by atoms with Crippen molar-refractivity contribution in [2.45, 2.75) is 6.61 Å². The van der Waals surface area contributed by atoms with E-state index in [2.05, 4.69) is 6.58 Å². The average molecular weight is 162 g/mol. The molecular weight excluding hydrogens is 154 g/mol. The molecule has 0 amide bonds. The maximum Gasteiger partial charge on any atom is 0.354 e. The molecule has 2 rings (SSSR count). The standard InChI is InChI=1S/C9H8BFO/c1-2-10-9-4-3-8(11)5-7(9)6-12-10/h2-5H,1,6H2.